The van der Waals surface area contributed by atoms with Crippen molar-refractivity contribution in [1.29, 1.82) is 0 Å². The Morgan fingerprint density at radius 3 is 2.89 bits per heavy atom. The summed E-state index contributed by atoms with van der Waals surface area (Å²) in [6.45, 7) is 2.07. The van der Waals surface area contributed by atoms with Gasteiger partial charge in [-0.1, -0.05) is 0 Å². The van der Waals surface area contributed by atoms with Crippen LogP contribution < -0.4 is 10.6 Å². The Balaban J connectivity index is 1.99. The van der Waals surface area contributed by atoms with Gasteiger partial charge in [0.2, 0.25) is 5.91 Å². The number of piperidine rings is 1. The molecule has 1 aromatic rings. The second-order valence-electron chi connectivity index (χ2n) is 4.48. The van der Waals surface area contributed by atoms with Crippen LogP contribution in [-0.2, 0) is 4.79 Å². The molecule has 0 aliphatic carbocycles. The first-order valence-corrected chi connectivity index (χ1v) is 5.90. The van der Waals surface area contributed by atoms with E-state index < -0.39 is 0 Å². The number of rotatable bonds is 2. The topological polar surface area (TPSA) is 58.2 Å². The molecule has 5 heteroatoms. The molecule has 0 aromatic heterocycles. The molecule has 1 heterocycles. The van der Waals surface area contributed by atoms with E-state index in [0.29, 0.717) is 30.5 Å². The van der Waals surface area contributed by atoms with E-state index >= 15 is 0 Å². The highest BCUT2D eigenvalue weighted by Crippen LogP contribution is 2.10. The van der Waals surface area contributed by atoms with Crippen molar-refractivity contribution in [2.75, 3.05) is 6.54 Å². The van der Waals surface area contributed by atoms with Gasteiger partial charge in [0, 0.05) is 24.6 Å². The summed E-state index contributed by atoms with van der Waals surface area (Å²) in [5.74, 6) is -0.547. The zero-order valence-corrected chi connectivity index (χ0v) is 10.1. The fourth-order valence-electron chi connectivity index (χ4n) is 1.91. The van der Waals surface area contributed by atoms with Gasteiger partial charge in [-0.25, -0.2) is 4.39 Å². The van der Waals surface area contributed by atoms with Gasteiger partial charge in [0.15, 0.2) is 0 Å². The number of halogens is 1. The van der Waals surface area contributed by atoms with Crippen molar-refractivity contribution >= 4 is 11.8 Å². The number of hydrogen-bond donors (Lipinski definition) is 2. The molecule has 18 heavy (non-hydrogen) atoms. The van der Waals surface area contributed by atoms with Crippen LogP contribution in [0.3, 0.4) is 0 Å². The standard InChI is InChI=1S/C13H15FN2O2/c1-8-6-9(2-4-11(8)14)13(18)16-10-3-5-12(17)15-7-10/h2,4,6,10H,3,5,7H2,1H3,(H,15,17)(H,16,18)/t10-/m1/s1. The normalized spacial score (nSPS) is 19.2. The van der Waals surface area contributed by atoms with E-state index in [4.69, 9.17) is 0 Å². The molecule has 2 rings (SSSR count). The maximum absolute atomic E-state index is 13.1. The van der Waals surface area contributed by atoms with E-state index in [2.05, 4.69) is 10.6 Å². The molecule has 1 aliphatic rings. The van der Waals surface area contributed by atoms with Crippen LogP contribution in [0.4, 0.5) is 4.39 Å². The summed E-state index contributed by atoms with van der Waals surface area (Å²) in [6.07, 6.45) is 1.06. The molecule has 4 nitrogen and oxygen atoms in total. The van der Waals surface area contributed by atoms with Crippen LogP contribution in [0.5, 0.6) is 0 Å². The maximum Gasteiger partial charge on any atom is 0.251 e. The maximum atomic E-state index is 13.1. The molecular formula is C13H15FN2O2. The Kier molecular flexibility index (Phi) is 3.60. The van der Waals surface area contributed by atoms with Crippen LogP contribution in [0.15, 0.2) is 18.2 Å². The third-order valence-corrected chi connectivity index (χ3v) is 3.02. The number of benzene rings is 1. The number of carbonyl (C=O) groups excluding carboxylic acids is 2. The second-order valence-corrected chi connectivity index (χ2v) is 4.48. The summed E-state index contributed by atoms with van der Waals surface area (Å²) < 4.78 is 13.1. The van der Waals surface area contributed by atoms with Crippen molar-refractivity contribution in [1.82, 2.24) is 10.6 Å². The zero-order chi connectivity index (χ0) is 13.1. The SMILES string of the molecule is Cc1cc(C(=O)N[C@@H]2CCC(=O)NC2)ccc1F. The molecule has 0 spiro atoms. The van der Waals surface area contributed by atoms with Crippen LogP contribution in [0.25, 0.3) is 0 Å². The summed E-state index contributed by atoms with van der Waals surface area (Å²) in [5, 5.41) is 5.52. The molecule has 0 saturated carbocycles. The highest BCUT2D eigenvalue weighted by Gasteiger charge is 2.20. The van der Waals surface area contributed by atoms with Gasteiger partial charge in [0.25, 0.3) is 5.91 Å². The Labute approximate surface area is 105 Å². The molecule has 1 saturated heterocycles. The van der Waals surface area contributed by atoms with Crippen LogP contribution in [-0.4, -0.2) is 24.4 Å². The Morgan fingerprint density at radius 1 is 1.50 bits per heavy atom. The third-order valence-electron chi connectivity index (χ3n) is 3.02. The first-order chi connectivity index (χ1) is 8.56. The highest BCUT2D eigenvalue weighted by atomic mass is 19.1. The zero-order valence-electron chi connectivity index (χ0n) is 10.1. The van der Waals surface area contributed by atoms with E-state index in [1.54, 1.807) is 6.92 Å². The molecule has 1 atom stereocenters. The largest absolute Gasteiger partial charge is 0.354 e. The van der Waals surface area contributed by atoms with Crippen LogP contribution in [0.1, 0.15) is 28.8 Å². The van der Waals surface area contributed by atoms with E-state index in [-0.39, 0.29) is 23.7 Å². The average molecular weight is 250 g/mol. The minimum Gasteiger partial charge on any atom is -0.354 e. The van der Waals surface area contributed by atoms with Gasteiger partial charge >= 0.3 is 0 Å². The lowest BCUT2D eigenvalue weighted by atomic mass is 10.1. The molecule has 0 radical (unpaired) electrons. The quantitative estimate of drug-likeness (QED) is 0.827. The number of aryl methyl sites for hydroxylation is 1. The first-order valence-electron chi connectivity index (χ1n) is 5.90. The van der Waals surface area contributed by atoms with Gasteiger partial charge in [0.05, 0.1) is 0 Å². The van der Waals surface area contributed by atoms with Crippen molar-refractivity contribution in [3.63, 3.8) is 0 Å². The Bertz CT molecular complexity index is 478. The molecule has 1 fully saturated rings. The van der Waals surface area contributed by atoms with Crippen LogP contribution in [0, 0.1) is 12.7 Å². The summed E-state index contributed by atoms with van der Waals surface area (Å²) in [4.78, 5) is 22.9. The Morgan fingerprint density at radius 2 is 2.28 bits per heavy atom. The second kappa shape index (κ2) is 5.16. The van der Waals surface area contributed by atoms with Gasteiger partial charge in [0.1, 0.15) is 5.82 Å². The molecule has 96 valence electrons. The molecule has 1 aromatic carbocycles. The highest BCUT2D eigenvalue weighted by molar-refractivity contribution is 5.94. The fraction of sp³-hybridized carbons (Fsp3) is 0.385. The van der Waals surface area contributed by atoms with Gasteiger partial charge in [-0.05, 0) is 37.1 Å². The van der Waals surface area contributed by atoms with Gasteiger partial charge in [-0.3, -0.25) is 9.59 Å². The monoisotopic (exact) mass is 250 g/mol. The number of hydrogen-bond acceptors (Lipinski definition) is 2. The van der Waals surface area contributed by atoms with E-state index in [1.807, 2.05) is 0 Å². The van der Waals surface area contributed by atoms with E-state index in [0.717, 1.165) is 0 Å². The number of amides is 2. The van der Waals surface area contributed by atoms with Crippen LogP contribution in [0.2, 0.25) is 0 Å². The molecule has 2 amide bonds. The van der Waals surface area contributed by atoms with Gasteiger partial charge < -0.3 is 10.6 Å². The minimum absolute atomic E-state index is 0.0122. The van der Waals surface area contributed by atoms with E-state index in [9.17, 15) is 14.0 Å². The fourth-order valence-corrected chi connectivity index (χ4v) is 1.91. The first kappa shape index (κ1) is 12.5. The molecule has 1 aliphatic heterocycles. The lowest BCUT2D eigenvalue weighted by Crippen LogP contribution is -2.47. The number of carbonyl (C=O) groups is 2. The predicted octanol–water partition coefficient (Wildman–Crippen LogP) is 1.14. The minimum atomic E-state index is -0.323. The van der Waals surface area contributed by atoms with Crippen molar-refractivity contribution in [3.05, 3.63) is 35.1 Å². The lowest BCUT2D eigenvalue weighted by Gasteiger charge is -2.23. The van der Waals surface area contributed by atoms with E-state index in [1.165, 1.54) is 18.2 Å². The average Bonchev–Trinajstić information content (AvgIpc) is 2.35. The smallest absolute Gasteiger partial charge is 0.251 e. The third kappa shape index (κ3) is 2.85. The molecule has 0 unspecified atom stereocenters. The van der Waals surface area contributed by atoms with Crippen molar-refractivity contribution < 1.29 is 14.0 Å². The molecule has 2 N–H and O–H groups in total. The molecule has 0 bridgehead atoms. The van der Waals surface area contributed by atoms with Gasteiger partial charge in [-0.15, -0.1) is 0 Å². The van der Waals surface area contributed by atoms with Crippen molar-refractivity contribution in [3.8, 4) is 0 Å². The summed E-state index contributed by atoms with van der Waals surface area (Å²) in [7, 11) is 0. The number of nitrogens with one attached hydrogen (secondary N) is 2. The van der Waals surface area contributed by atoms with Crippen LogP contribution >= 0.6 is 0 Å². The molecular weight excluding hydrogens is 235 g/mol. The summed E-state index contributed by atoms with van der Waals surface area (Å²) in [6, 6.07) is 4.21. The lowest BCUT2D eigenvalue weighted by molar-refractivity contribution is -0.122. The summed E-state index contributed by atoms with van der Waals surface area (Å²) >= 11 is 0. The van der Waals surface area contributed by atoms with Crippen molar-refractivity contribution in [2.24, 2.45) is 0 Å². The van der Waals surface area contributed by atoms with Gasteiger partial charge in [-0.2, -0.15) is 0 Å². The van der Waals surface area contributed by atoms with Crippen molar-refractivity contribution in [2.45, 2.75) is 25.8 Å². The predicted molar refractivity (Wildman–Crippen MR) is 64.6 cm³/mol. The summed E-state index contributed by atoms with van der Waals surface area (Å²) in [5.41, 5.74) is 0.880. The Hall–Kier alpha value is -1.91.